The molecule has 2 saturated heterocycles. The number of rotatable bonds is 18. The second-order valence-corrected chi connectivity index (χ2v) is 22.6. The highest BCUT2D eigenvalue weighted by Crippen LogP contribution is 2.32. The van der Waals surface area contributed by atoms with Crippen LogP contribution in [0.15, 0.2) is 106 Å². The molecule has 6 aromatic rings. The highest BCUT2D eigenvalue weighted by atomic mass is 32.3. The van der Waals surface area contributed by atoms with E-state index >= 15 is 0 Å². The molecule has 352 valence electrons. The van der Waals surface area contributed by atoms with Gasteiger partial charge in [0.25, 0.3) is 31.9 Å². The van der Waals surface area contributed by atoms with Crippen LogP contribution in [0.25, 0.3) is 11.0 Å². The number of hydrogen-bond donors (Lipinski definition) is 2. The number of unbranched alkanes of at least 4 members (excludes halogenated alkanes) is 3. The first-order valence-corrected chi connectivity index (χ1v) is 26.7. The van der Waals surface area contributed by atoms with Crippen LogP contribution in [0.1, 0.15) is 94.9 Å². The van der Waals surface area contributed by atoms with Gasteiger partial charge in [-0.15, -0.1) is 27.8 Å². The quantitative estimate of drug-likeness (QED) is 0.0822. The zero-order chi connectivity index (χ0) is 46.5. The maximum Gasteiger partial charge on any atom is 0.270 e. The number of aromatic nitrogens is 4. The first kappa shape index (κ1) is 48.8. The largest absolute Gasteiger partial charge is 0.497 e. The molecule has 6 heterocycles. The minimum atomic E-state index is -3.59. The molecule has 0 unspecified atom stereocenters. The molecule has 20 heteroatoms. The maximum absolute atomic E-state index is 13.2. The number of nitrogens with zero attached hydrogens (tertiary/aromatic N) is 6. The second kappa shape index (κ2) is 23.1. The van der Waals surface area contributed by atoms with Crippen LogP contribution in [0, 0.1) is 0 Å². The highest BCUT2D eigenvalue weighted by Gasteiger charge is 2.33. The lowest BCUT2D eigenvalue weighted by Crippen LogP contribution is -2.40. The van der Waals surface area contributed by atoms with Crippen LogP contribution in [0.5, 0.6) is 5.75 Å². The molecular formula is C46H56N8O8S4. The number of methoxy groups -OCH3 is 1. The Morgan fingerprint density at radius 3 is 2.00 bits per heavy atom. The number of piperidine rings is 2. The van der Waals surface area contributed by atoms with Gasteiger partial charge in [0, 0.05) is 54.3 Å². The molecule has 0 atom stereocenters. The fourth-order valence-electron chi connectivity index (χ4n) is 7.73. The van der Waals surface area contributed by atoms with Crippen LogP contribution >= 0.6 is 22.7 Å². The zero-order valence-electron chi connectivity index (χ0n) is 37.1. The Morgan fingerprint density at radius 1 is 0.727 bits per heavy atom. The predicted octanol–water partition coefficient (Wildman–Crippen LogP) is 7.28. The third-order valence-electron chi connectivity index (χ3n) is 11.4. The number of carbonyl (C=O) groups is 2. The van der Waals surface area contributed by atoms with Crippen molar-refractivity contribution in [2.24, 2.45) is 0 Å². The molecule has 2 aliphatic heterocycles. The minimum Gasteiger partial charge on any atom is -0.497 e. The molecule has 0 bridgehead atoms. The van der Waals surface area contributed by atoms with Gasteiger partial charge in [0.05, 0.1) is 37.9 Å². The van der Waals surface area contributed by atoms with Crippen LogP contribution in [0.3, 0.4) is 0 Å². The molecule has 0 spiro atoms. The van der Waals surface area contributed by atoms with Crippen molar-refractivity contribution in [3.63, 3.8) is 0 Å². The fraction of sp³-hybridized carbons (Fsp3) is 0.413. The van der Waals surface area contributed by atoms with E-state index in [1.54, 1.807) is 84.3 Å². The molecule has 2 amide bonds. The number of thiophene rings is 2. The lowest BCUT2D eigenvalue weighted by atomic mass is 10.1. The summed E-state index contributed by atoms with van der Waals surface area (Å²) in [4.78, 5) is 30.1. The summed E-state index contributed by atoms with van der Waals surface area (Å²) in [6, 6.07) is 26.7. The van der Waals surface area contributed by atoms with Crippen LogP contribution < -0.4 is 15.4 Å². The molecule has 0 radical (unpaired) electrons. The SMILES string of the molecule is CCCCCCOC1CCN(S(=O)(=O)c2ccc(CNC(=O)c3cccc(OC)c3)s2)CC1.O=C(NCc1ccc(S(=O)(=O)N2CCC(n3nnc4ccccc43)CC2)s1)c1ccccn1. The Kier molecular flexibility index (Phi) is 17.1. The van der Waals surface area contributed by atoms with Crippen molar-refractivity contribution in [2.75, 3.05) is 39.9 Å². The molecule has 0 aliphatic carbocycles. The summed E-state index contributed by atoms with van der Waals surface area (Å²) in [5.74, 6) is 0.0809. The van der Waals surface area contributed by atoms with Crippen LogP contribution in [-0.2, 0) is 37.9 Å². The summed E-state index contributed by atoms with van der Waals surface area (Å²) in [6.07, 6.45) is 9.17. The number of fused-ring (bicyclic) bond motifs is 1. The van der Waals surface area contributed by atoms with Gasteiger partial charge in [-0.1, -0.05) is 55.7 Å². The standard InChI is InChI=1S/C24H34N2O5S2.C22H22N6O3S2/c1-3-4-5-6-16-31-20-12-14-26(15-13-20)33(28,29)23-11-10-22(32-23)18-25-24(27)19-8-7-9-21(17-19)30-2;29-22(19-6-3-4-12-23-19)24-15-17-8-9-21(32-17)33(30,31)27-13-10-16(11-14-27)28-20-7-2-1-5-18(20)25-26-28/h7-11,17,20H,3-6,12-16,18H2,1-2H3,(H,25,27);1-9,12,16H,10-11,13-15H2,(H,24,29). The first-order valence-electron chi connectivity index (χ1n) is 22.2. The lowest BCUT2D eigenvalue weighted by molar-refractivity contribution is 0.0193. The number of ether oxygens (including phenoxy) is 2. The molecule has 2 N–H and O–H groups in total. The van der Waals surface area contributed by atoms with Gasteiger partial charge in [-0.05, 0) is 98.8 Å². The van der Waals surface area contributed by atoms with Gasteiger partial charge >= 0.3 is 0 Å². The number of sulfonamides is 2. The van der Waals surface area contributed by atoms with Gasteiger partial charge in [-0.25, -0.2) is 21.5 Å². The van der Waals surface area contributed by atoms with Crippen molar-refractivity contribution < 1.29 is 35.9 Å². The summed E-state index contributed by atoms with van der Waals surface area (Å²) in [5, 5.41) is 14.1. The van der Waals surface area contributed by atoms with Gasteiger partial charge in [0.15, 0.2) is 0 Å². The zero-order valence-corrected chi connectivity index (χ0v) is 40.3. The molecule has 2 fully saturated rings. The molecule has 8 rings (SSSR count). The smallest absolute Gasteiger partial charge is 0.270 e. The van der Waals surface area contributed by atoms with E-state index in [-0.39, 0.29) is 41.3 Å². The van der Waals surface area contributed by atoms with E-state index in [0.29, 0.717) is 60.2 Å². The third kappa shape index (κ3) is 12.5. The van der Waals surface area contributed by atoms with Gasteiger partial charge in [0.2, 0.25) is 0 Å². The van der Waals surface area contributed by atoms with E-state index in [0.717, 1.165) is 46.7 Å². The first-order chi connectivity index (χ1) is 32.0. The summed E-state index contributed by atoms with van der Waals surface area (Å²) in [6.45, 7) is 5.25. The van der Waals surface area contributed by atoms with Gasteiger partial charge in [-0.3, -0.25) is 14.6 Å². The van der Waals surface area contributed by atoms with E-state index in [4.69, 9.17) is 9.47 Å². The number of hydrogen-bond acceptors (Lipinski definition) is 13. The Morgan fingerprint density at radius 2 is 1.36 bits per heavy atom. The number of carbonyl (C=O) groups excluding carboxylic acids is 2. The van der Waals surface area contributed by atoms with Crippen LogP contribution in [-0.4, -0.2) is 103 Å². The van der Waals surface area contributed by atoms with Gasteiger partial charge in [0.1, 0.15) is 25.4 Å². The number of amides is 2. The molecule has 66 heavy (non-hydrogen) atoms. The number of benzene rings is 2. The highest BCUT2D eigenvalue weighted by molar-refractivity contribution is 7.91. The lowest BCUT2D eigenvalue weighted by Gasteiger charge is -2.30. The minimum absolute atomic E-state index is 0.115. The second-order valence-electron chi connectivity index (χ2n) is 15.9. The van der Waals surface area contributed by atoms with Crippen LogP contribution in [0.4, 0.5) is 0 Å². The van der Waals surface area contributed by atoms with E-state index in [1.807, 2.05) is 28.9 Å². The molecule has 2 aliphatic rings. The van der Waals surface area contributed by atoms with Crippen molar-refractivity contribution in [3.8, 4) is 5.75 Å². The summed E-state index contributed by atoms with van der Waals surface area (Å²) in [5.41, 5.74) is 2.63. The van der Waals surface area contributed by atoms with Crippen molar-refractivity contribution in [3.05, 3.63) is 118 Å². The van der Waals surface area contributed by atoms with E-state index in [1.165, 1.54) is 46.2 Å². The normalized spacial score (nSPS) is 15.5. The predicted molar refractivity (Wildman–Crippen MR) is 255 cm³/mol. The topological polar surface area (TPSA) is 195 Å². The maximum atomic E-state index is 13.2. The van der Waals surface area contributed by atoms with Gasteiger partial charge in [-0.2, -0.15) is 8.61 Å². The van der Waals surface area contributed by atoms with Crippen LogP contribution in [0.2, 0.25) is 0 Å². The van der Waals surface area contributed by atoms with Crippen molar-refractivity contribution in [1.29, 1.82) is 0 Å². The molecule has 0 saturated carbocycles. The Hall–Kier alpha value is -5.09. The fourth-order valence-corrected chi connectivity index (χ4v) is 13.6. The third-order valence-corrected chi connectivity index (χ3v) is 18.3. The average Bonchev–Trinajstić information content (AvgIpc) is 4.15. The Balaban J connectivity index is 0.000000196. The van der Waals surface area contributed by atoms with Crippen molar-refractivity contribution in [2.45, 2.75) is 91.9 Å². The Labute approximate surface area is 394 Å². The monoisotopic (exact) mass is 976 g/mol. The number of pyridine rings is 1. The van der Waals surface area contributed by atoms with Gasteiger partial charge < -0.3 is 20.1 Å². The molecule has 4 aromatic heterocycles. The molecular weight excluding hydrogens is 921 g/mol. The van der Waals surface area contributed by atoms with E-state index in [2.05, 4.69) is 32.9 Å². The summed E-state index contributed by atoms with van der Waals surface area (Å²) < 4.78 is 69.1. The summed E-state index contributed by atoms with van der Waals surface area (Å²) >= 11 is 2.38. The van der Waals surface area contributed by atoms with E-state index in [9.17, 15) is 26.4 Å². The molecule has 2 aromatic carbocycles. The molecule has 16 nitrogen and oxygen atoms in total. The average molecular weight is 977 g/mol. The number of nitrogens with one attached hydrogen (secondary N) is 2. The van der Waals surface area contributed by atoms with Crippen molar-refractivity contribution in [1.82, 2.24) is 39.2 Å². The van der Waals surface area contributed by atoms with Crippen molar-refractivity contribution >= 4 is 65.6 Å². The summed E-state index contributed by atoms with van der Waals surface area (Å²) in [7, 11) is -5.56. The Bertz CT molecular complexity index is 2750. The van der Waals surface area contributed by atoms with E-state index < -0.39 is 20.0 Å². The number of para-hydroxylation sites is 1.